The van der Waals surface area contributed by atoms with Crippen molar-refractivity contribution in [1.82, 2.24) is 10.4 Å². The molecule has 0 saturated carbocycles. The van der Waals surface area contributed by atoms with Crippen LogP contribution in [-0.4, -0.2) is 53.7 Å². The van der Waals surface area contributed by atoms with Gasteiger partial charge in [-0.05, 0) is 49.4 Å². The van der Waals surface area contributed by atoms with Crippen molar-refractivity contribution < 1.29 is 32.4 Å². The lowest BCUT2D eigenvalue weighted by molar-refractivity contribution is -0.253. The maximum atomic E-state index is 13.8. The summed E-state index contributed by atoms with van der Waals surface area (Å²) >= 11 is 0. The van der Waals surface area contributed by atoms with Crippen molar-refractivity contribution in [3.63, 3.8) is 0 Å². The fraction of sp³-hybridized carbons (Fsp3) is 0.323. The van der Waals surface area contributed by atoms with Crippen LogP contribution >= 0.6 is 0 Å². The average molecular weight is 585 g/mol. The highest BCUT2D eigenvalue weighted by Gasteiger charge is 2.50. The van der Waals surface area contributed by atoms with Gasteiger partial charge in [0.15, 0.2) is 5.54 Å². The summed E-state index contributed by atoms with van der Waals surface area (Å²) < 4.78 is 40.0. The van der Waals surface area contributed by atoms with E-state index in [1.54, 1.807) is 30.3 Å². The smallest absolute Gasteiger partial charge is 0.353 e. The second-order valence-electron chi connectivity index (χ2n) is 10.1. The maximum absolute atomic E-state index is 13.8. The minimum Gasteiger partial charge on any atom is -0.353 e. The van der Waals surface area contributed by atoms with Gasteiger partial charge in [-0.3, -0.25) is 9.59 Å². The fourth-order valence-electron chi connectivity index (χ4n) is 4.57. The lowest BCUT2D eigenvalue weighted by atomic mass is 9.89. The molecule has 0 heterocycles. The van der Waals surface area contributed by atoms with Gasteiger partial charge in [-0.25, -0.2) is 4.79 Å². The van der Waals surface area contributed by atoms with Gasteiger partial charge in [-0.2, -0.15) is 18.2 Å². The van der Waals surface area contributed by atoms with Gasteiger partial charge in [0, 0.05) is 12.5 Å². The summed E-state index contributed by atoms with van der Waals surface area (Å²) in [5.41, 5.74) is 12.1. The van der Waals surface area contributed by atoms with E-state index in [1.165, 1.54) is 6.92 Å². The molecule has 2 amide bonds. The normalized spacial score (nSPS) is 13.6. The molecule has 0 aliphatic rings. The van der Waals surface area contributed by atoms with E-state index in [4.69, 9.17) is 11.5 Å². The van der Waals surface area contributed by atoms with E-state index in [1.807, 2.05) is 60.7 Å². The first kappa shape index (κ1) is 32.3. The van der Waals surface area contributed by atoms with Crippen molar-refractivity contribution in [2.24, 2.45) is 11.5 Å². The number of nitrogens with one attached hydrogen (secondary N) is 1. The zero-order valence-corrected chi connectivity index (χ0v) is 23.2. The number of carbonyl (C=O) groups is 3. The molecule has 11 heteroatoms. The maximum Gasteiger partial charge on any atom is 0.493 e. The molecule has 5 N–H and O–H groups in total. The van der Waals surface area contributed by atoms with Crippen molar-refractivity contribution in [3.8, 4) is 0 Å². The highest BCUT2D eigenvalue weighted by atomic mass is 19.4. The number of hydroxylamine groups is 2. The van der Waals surface area contributed by atoms with Crippen LogP contribution in [0.5, 0.6) is 0 Å². The third-order valence-electron chi connectivity index (χ3n) is 6.90. The van der Waals surface area contributed by atoms with Crippen LogP contribution < -0.4 is 16.8 Å². The Balaban J connectivity index is 1.95. The van der Waals surface area contributed by atoms with E-state index in [-0.39, 0.29) is 43.3 Å². The number of hydrogen-bond acceptors (Lipinski definition) is 6. The minimum absolute atomic E-state index is 0.0381. The third kappa shape index (κ3) is 8.40. The van der Waals surface area contributed by atoms with Gasteiger partial charge in [0.25, 0.3) is 5.91 Å². The topological polar surface area (TPSA) is 128 Å². The third-order valence-corrected chi connectivity index (χ3v) is 6.90. The number of nitrogens with zero attached hydrogens (tertiary/aromatic N) is 1. The Morgan fingerprint density at radius 3 is 1.86 bits per heavy atom. The highest BCUT2D eigenvalue weighted by Crippen LogP contribution is 2.29. The fourth-order valence-corrected chi connectivity index (χ4v) is 4.57. The molecule has 0 unspecified atom stereocenters. The molecular weight excluding hydrogens is 549 g/mol. The molecular formula is C31H35F3N4O4. The number of nitrogens with two attached hydrogens (primary N) is 2. The summed E-state index contributed by atoms with van der Waals surface area (Å²) in [7, 11) is 0. The zero-order valence-electron chi connectivity index (χ0n) is 23.2. The first-order valence-electron chi connectivity index (χ1n) is 13.5. The van der Waals surface area contributed by atoms with Crippen LogP contribution in [0, 0.1) is 0 Å². The second-order valence-corrected chi connectivity index (χ2v) is 10.1. The van der Waals surface area contributed by atoms with E-state index in [2.05, 4.69) is 10.2 Å². The highest BCUT2D eigenvalue weighted by molar-refractivity contribution is 5.93. The van der Waals surface area contributed by atoms with Crippen molar-refractivity contribution in [2.75, 3.05) is 13.1 Å². The largest absolute Gasteiger partial charge is 0.493 e. The predicted octanol–water partition coefficient (Wildman–Crippen LogP) is 3.85. The summed E-state index contributed by atoms with van der Waals surface area (Å²) in [4.78, 5) is 44.0. The first-order chi connectivity index (χ1) is 20.0. The minimum atomic E-state index is -5.43. The Morgan fingerprint density at radius 1 is 0.881 bits per heavy atom. The predicted molar refractivity (Wildman–Crippen MR) is 152 cm³/mol. The van der Waals surface area contributed by atoms with Gasteiger partial charge in [0.1, 0.15) is 0 Å². The van der Waals surface area contributed by atoms with Crippen LogP contribution in [0.15, 0.2) is 91.0 Å². The van der Waals surface area contributed by atoms with Gasteiger partial charge in [-0.1, -0.05) is 91.0 Å². The Labute approximate surface area is 242 Å². The monoisotopic (exact) mass is 584 g/mol. The van der Waals surface area contributed by atoms with Crippen LogP contribution in [0.1, 0.15) is 42.4 Å². The Kier molecular flexibility index (Phi) is 11.2. The molecule has 3 aromatic rings. The number of benzene rings is 3. The van der Waals surface area contributed by atoms with Gasteiger partial charge in [-0.15, -0.1) is 0 Å². The lowest BCUT2D eigenvalue weighted by Gasteiger charge is -2.39. The molecule has 0 fully saturated rings. The van der Waals surface area contributed by atoms with Gasteiger partial charge in [0.05, 0.1) is 6.04 Å². The summed E-state index contributed by atoms with van der Waals surface area (Å²) in [6.45, 7) is 1.33. The molecule has 0 bridgehead atoms. The van der Waals surface area contributed by atoms with Crippen LogP contribution in [0.2, 0.25) is 0 Å². The number of halogens is 3. The molecule has 0 spiro atoms. The van der Waals surface area contributed by atoms with Gasteiger partial charge >= 0.3 is 12.1 Å². The van der Waals surface area contributed by atoms with E-state index in [0.29, 0.717) is 5.56 Å². The number of alkyl halides is 3. The van der Waals surface area contributed by atoms with Crippen molar-refractivity contribution in [3.05, 3.63) is 108 Å². The van der Waals surface area contributed by atoms with Crippen LogP contribution in [-0.2, 0) is 25.6 Å². The number of rotatable bonds is 12. The summed E-state index contributed by atoms with van der Waals surface area (Å²) in [5.74, 6) is -4.96. The molecule has 0 radical (unpaired) electrons. The molecule has 3 aromatic carbocycles. The number of hydrogen-bond donors (Lipinski definition) is 3. The molecule has 8 nitrogen and oxygen atoms in total. The standard InChI is InChI=1S/C31H35F3N4O4/c1-30(18-11-19-35,28(40)37-21-25(23-14-7-3-8-15-23)24-16-9-4-10-17-24)38(42-29(41)31(32,33)34)27(39)26(36)20-22-12-5-2-6-13-22/h2-10,12-17,25-26H,11,18-21,35-36H2,1H3,(H,37,40)/t26-,30-/m0/s1. The van der Waals surface area contributed by atoms with E-state index >= 15 is 0 Å². The van der Waals surface area contributed by atoms with Crippen molar-refractivity contribution >= 4 is 17.8 Å². The molecule has 42 heavy (non-hydrogen) atoms. The first-order valence-corrected chi connectivity index (χ1v) is 13.5. The van der Waals surface area contributed by atoms with E-state index in [9.17, 15) is 27.6 Å². The van der Waals surface area contributed by atoms with Crippen LogP contribution in [0.4, 0.5) is 13.2 Å². The molecule has 3 rings (SSSR count). The summed E-state index contributed by atoms with van der Waals surface area (Å²) in [6, 6.07) is 25.8. The van der Waals surface area contributed by atoms with Crippen molar-refractivity contribution in [1.29, 1.82) is 0 Å². The van der Waals surface area contributed by atoms with E-state index in [0.717, 1.165) is 11.1 Å². The lowest BCUT2D eigenvalue weighted by Crippen LogP contribution is -2.63. The summed E-state index contributed by atoms with van der Waals surface area (Å²) in [6.07, 6.45) is -5.57. The Morgan fingerprint density at radius 2 is 1.38 bits per heavy atom. The number of carbonyl (C=O) groups excluding carboxylic acids is 3. The summed E-state index contributed by atoms with van der Waals surface area (Å²) in [5, 5.41) is 2.96. The number of amides is 2. The molecule has 0 saturated heterocycles. The molecule has 0 aliphatic carbocycles. The zero-order chi connectivity index (χ0) is 30.8. The van der Waals surface area contributed by atoms with Crippen molar-refractivity contribution in [2.45, 2.75) is 49.9 Å². The van der Waals surface area contributed by atoms with Crippen LogP contribution in [0.3, 0.4) is 0 Å². The van der Waals surface area contributed by atoms with Crippen LogP contribution in [0.25, 0.3) is 0 Å². The SMILES string of the molecule is C[C@](CCCN)(C(=O)NCC(c1ccccc1)c1ccccc1)N(OC(=O)C(F)(F)F)C(=O)[C@@H](N)Cc1ccccc1. The average Bonchev–Trinajstić information content (AvgIpc) is 2.99. The van der Waals surface area contributed by atoms with Gasteiger partial charge in [0.2, 0.25) is 5.91 Å². The van der Waals surface area contributed by atoms with E-state index < -0.39 is 35.5 Å². The molecule has 0 aliphatic heterocycles. The quantitative estimate of drug-likeness (QED) is 0.278. The molecule has 224 valence electrons. The molecule has 0 aromatic heterocycles. The van der Waals surface area contributed by atoms with Gasteiger partial charge < -0.3 is 21.6 Å². The molecule has 2 atom stereocenters. The Bertz CT molecular complexity index is 1270. The Hall–Kier alpha value is -4.22. The second kappa shape index (κ2) is 14.6.